The van der Waals surface area contributed by atoms with E-state index in [1.807, 2.05) is 0 Å². The highest BCUT2D eigenvalue weighted by molar-refractivity contribution is 7.80. The quantitative estimate of drug-likeness (QED) is 0.474. The van der Waals surface area contributed by atoms with Crippen LogP contribution >= 0.6 is 46.8 Å². The zero-order chi connectivity index (χ0) is 20.3. The normalized spacial score (nSPS) is 15.7. The predicted molar refractivity (Wildman–Crippen MR) is 120 cm³/mol. The second-order valence-corrected chi connectivity index (χ2v) is 8.97. The number of carbonyl (C=O) groups is 1. The van der Waals surface area contributed by atoms with E-state index in [0.717, 1.165) is 24.8 Å². The number of nitrogens with zero attached hydrogens (tertiary/aromatic N) is 1. The van der Waals surface area contributed by atoms with Crippen molar-refractivity contribution in [2.45, 2.75) is 26.2 Å². The number of carbonyl (C=O) groups excluding carboxylic acids is 1. The molecule has 0 radical (unpaired) electrons. The van der Waals surface area contributed by atoms with Crippen molar-refractivity contribution in [3.63, 3.8) is 0 Å². The molecule has 0 unspecified atom stereocenters. The number of nitriles is 1. The van der Waals surface area contributed by atoms with Crippen molar-refractivity contribution in [3.8, 4) is 6.07 Å². The Balaban J connectivity index is 1.65. The third-order valence-corrected chi connectivity index (χ3v) is 6.40. The van der Waals surface area contributed by atoms with Gasteiger partial charge in [0.15, 0.2) is 5.11 Å². The van der Waals surface area contributed by atoms with Crippen LogP contribution in [0.15, 0.2) is 24.3 Å². The predicted octanol–water partition coefficient (Wildman–Crippen LogP) is 5.58. The molecule has 144 valence electrons. The minimum absolute atomic E-state index is 0.153. The first-order chi connectivity index (χ1) is 13.4. The van der Waals surface area contributed by atoms with E-state index in [2.05, 4.69) is 23.6 Å². The molecule has 0 bridgehead atoms. The molecule has 1 aliphatic carbocycles. The first kappa shape index (κ1) is 20.8. The lowest BCUT2D eigenvalue weighted by Crippen LogP contribution is -2.32. The highest BCUT2D eigenvalue weighted by Crippen LogP contribution is 2.39. The Kier molecular flexibility index (Phi) is 6.73. The van der Waals surface area contributed by atoms with Gasteiger partial charge in [0.05, 0.1) is 5.56 Å². The van der Waals surface area contributed by atoms with Gasteiger partial charge in [-0.3, -0.25) is 10.1 Å². The monoisotopic (exact) mass is 449 g/mol. The molecule has 2 N–H and O–H groups in total. The van der Waals surface area contributed by atoms with Gasteiger partial charge < -0.3 is 5.32 Å². The molecule has 0 fully saturated rings. The Hall–Kier alpha value is -1.91. The molecule has 3 rings (SSSR count). The smallest absolute Gasteiger partial charge is 0.250 e. The summed E-state index contributed by atoms with van der Waals surface area (Å²) in [6.45, 7) is 2.21. The third kappa shape index (κ3) is 4.92. The van der Waals surface area contributed by atoms with E-state index in [-0.39, 0.29) is 5.11 Å². The molecule has 8 heteroatoms. The number of anilines is 1. The zero-order valence-corrected chi connectivity index (χ0v) is 18.2. The Labute approximate surface area is 183 Å². The molecule has 1 atom stereocenters. The van der Waals surface area contributed by atoms with Gasteiger partial charge in [0.1, 0.15) is 11.1 Å². The van der Waals surface area contributed by atoms with Crippen molar-refractivity contribution in [1.82, 2.24) is 5.32 Å². The summed E-state index contributed by atoms with van der Waals surface area (Å²) in [6, 6.07) is 7.30. The maximum absolute atomic E-state index is 12.1. The summed E-state index contributed by atoms with van der Waals surface area (Å²) >= 11 is 18.7. The largest absolute Gasteiger partial charge is 0.323 e. The molecule has 0 spiro atoms. The standard InChI is InChI=1S/C20H17Cl2N3OS2/c1-11-2-6-14-15(10-23)19(28-17(14)8-11)25-20(27)24-18(26)7-4-12-3-5-13(21)9-16(12)22/h3-5,7,9,11H,2,6,8H2,1H3,(H2,24,25,26,27)/b7-4+/t11-/m1/s1. The van der Waals surface area contributed by atoms with Crippen LogP contribution in [0.3, 0.4) is 0 Å². The second kappa shape index (κ2) is 9.06. The van der Waals surface area contributed by atoms with Crippen molar-refractivity contribution in [2.24, 2.45) is 5.92 Å². The van der Waals surface area contributed by atoms with Gasteiger partial charge >= 0.3 is 0 Å². The molecule has 4 nitrogen and oxygen atoms in total. The van der Waals surface area contributed by atoms with Crippen molar-refractivity contribution in [1.29, 1.82) is 5.26 Å². The molecular weight excluding hydrogens is 433 g/mol. The van der Waals surface area contributed by atoms with Crippen LogP contribution in [0.25, 0.3) is 6.08 Å². The summed E-state index contributed by atoms with van der Waals surface area (Å²) in [6.07, 6.45) is 5.89. The number of rotatable bonds is 3. The van der Waals surface area contributed by atoms with Gasteiger partial charge in [-0.2, -0.15) is 5.26 Å². The van der Waals surface area contributed by atoms with Gasteiger partial charge in [-0.1, -0.05) is 36.2 Å². The fraction of sp³-hybridized carbons (Fsp3) is 0.250. The van der Waals surface area contributed by atoms with Gasteiger partial charge in [0, 0.05) is 21.0 Å². The van der Waals surface area contributed by atoms with E-state index in [9.17, 15) is 10.1 Å². The number of halogens is 2. The van der Waals surface area contributed by atoms with Crippen LogP contribution in [0.5, 0.6) is 0 Å². The number of nitrogens with one attached hydrogen (secondary N) is 2. The van der Waals surface area contributed by atoms with Crippen molar-refractivity contribution in [2.75, 3.05) is 5.32 Å². The van der Waals surface area contributed by atoms with E-state index >= 15 is 0 Å². The molecular formula is C20H17Cl2N3OS2. The fourth-order valence-electron chi connectivity index (χ4n) is 3.05. The summed E-state index contributed by atoms with van der Waals surface area (Å²) in [7, 11) is 0. The minimum Gasteiger partial charge on any atom is -0.323 e. The average Bonchev–Trinajstić information content (AvgIpc) is 2.96. The molecule has 0 aliphatic heterocycles. The third-order valence-electron chi connectivity index (χ3n) is 4.46. The van der Waals surface area contributed by atoms with Crippen LogP contribution in [-0.4, -0.2) is 11.0 Å². The highest BCUT2D eigenvalue weighted by Gasteiger charge is 2.24. The topological polar surface area (TPSA) is 64.9 Å². The number of benzene rings is 1. The molecule has 28 heavy (non-hydrogen) atoms. The summed E-state index contributed by atoms with van der Waals surface area (Å²) in [5.41, 5.74) is 2.42. The van der Waals surface area contributed by atoms with Crippen LogP contribution < -0.4 is 10.6 Å². The lowest BCUT2D eigenvalue weighted by Gasteiger charge is -2.17. The van der Waals surface area contributed by atoms with E-state index in [1.54, 1.807) is 24.3 Å². The molecule has 1 aromatic heterocycles. The molecule has 2 aromatic rings. The molecule has 1 amide bonds. The number of thiophene rings is 1. The Morgan fingerprint density at radius 1 is 1.43 bits per heavy atom. The summed E-state index contributed by atoms with van der Waals surface area (Å²) in [4.78, 5) is 13.4. The molecule has 0 saturated heterocycles. The maximum atomic E-state index is 12.1. The Morgan fingerprint density at radius 3 is 2.93 bits per heavy atom. The van der Waals surface area contributed by atoms with E-state index in [1.165, 1.54) is 22.3 Å². The van der Waals surface area contributed by atoms with Gasteiger partial charge in [-0.25, -0.2) is 0 Å². The van der Waals surface area contributed by atoms with Crippen LogP contribution in [0.4, 0.5) is 5.00 Å². The number of hydrogen-bond donors (Lipinski definition) is 2. The first-order valence-electron chi connectivity index (χ1n) is 8.67. The van der Waals surface area contributed by atoms with Crippen LogP contribution in [0.2, 0.25) is 10.0 Å². The summed E-state index contributed by atoms with van der Waals surface area (Å²) in [5, 5.41) is 16.9. The maximum Gasteiger partial charge on any atom is 0.250 e. The van der Waals surface area contributed by atoms with Gasteiger partial charge in [-0.05, 0) is 66.7 Å². The SMILES string of the molecule is C[C@@H]1CCc2c(sc(NC(=S)NC(=O)/C=C/c3ccc(Cl)cc3Cl)c2C#N)C1. The van der Waals surface area contributed by atoms with Gasteiger partial charge in [0.2, 0.25) is 5.91 Å². The second-order valence-electron chi connectivity index (χ2n) is 6.61. The van der Waals surface area contributed by atoms with Crippen LogP contribution in [0, 0.1) is 17.2 Å². The van der Waals surface area contributed by atoms with Crippen LogP contribution in [0.1, 0.15) is 34.9 Å². The lowest BCUT2D eigenvalue weighted by molar-refractivity contribution is -0.115. The van der Waals surface area contributed by atoms with Crippen molar-refractivity contribution < 1.29 is 4.79 Å². The van der Waals surface area contributed by atoms with E-state index < -0.39 is 5.91 Å². The van der Waals surface area contributed by atoms with E-state index in [0.29, 0.717) is 32.1 Å². The summed E-state index contributed by atoms with van der Waals surface area (Å²) in [5.74, 6) is 0.221. The molecule has 1 aliphatic rings. The van der Waals surface area contributed by atoms with E-state index in [4.69, 9.17) is 35.4 Å². The number of hydrogen-bond acceptors (Lipinski definition) is 4. The van der Waals surface area contributed by atoms with Crippen molar-refractivity contribution in [3.05, 3.63) is 55.9 Å². The van der Waals surface area contributed by atoms with Crippen molar-refractivity contribution >= 4 is 68.9 Å². The molecule has 1 aromatic carbocycles. The van der Waals surface area contributed by atoms with Gasteiger partial charge in [-0.15, -0.1) is 11.3 Å². The lowest BCUT2D eigenvalue weighted by atomic mass is 9.89. The number of fused-ring (bicyclic) bond motifs is 1. The average molecular weight is 450 g/mol. The zero-order valence-electron chi connectivity index (χ0n) is 15.0. The van der Waals surface area contributed by atoms with Gasteiger partial charge in [0.25, 0.3) is 0 Å². The minimum atomic E-state index is -0.392. The Bertz CT molecular complexity index is 1010. The number of thiocarbonyl (C=S) groups is 1. The highest BCUT2D eigenvalue weighted by atomic mass is 35.5. The van der Waals surface area contributed by atoms with Crippen LogP contribution in [-0.2, 0) is 17.6 Å². The Morgan fingerprint density at radius 2 is 2.21 bits per heavy atom. The summed E-state index contributed by atoms with van der Waals surface area (Å²) < 4.78 is 0. The fourth-order valence-corrected chi connectivity index (χ4v) is 5.15. The first-order valence-corrected chi connectivity index (χ1v) is 10.6. The molecule has 0 saturated carbocycles. The molecule has 1 heterocycles. The number of amides is 1.